The summed E-state index contributed by atoms with van der Waals surface area (Å²) in [5.74, 6) is 0.0463. The molecule has 1 atom stereocenters. The van der Waals surface area contributed by atoms with Crippen LogP contribution in [0.1, 0.15) is 24.0 Å². The van der Waals surface area contributed by atoms with Crippen LogP contribution in [0, 0.1) is 0 Å². The van der Waals surface area contributed by atoms with Crippen LogP contribution >= 0.6 is 0 Å². The number of rotatable bonds is 4. The van der Waals surface area contributed by atoms with Gasteiger partial charge in [-0.25, -0.2) is 0 Å². The highest BCUT2D eigenvalue weighted by Gasteiger charge is 2.18. The summed E-state index contributed by atoms with van der Waals surface area (Å²) < 4.78 is 0. The van der Waals surface area contributed by atoms with Crippen molar-refractivity contribution in [2.75, 3.05) is 7.05 Å². The molecule has 2 aromatic rings. The third-order valence-corrected chi connectivity index (χ3v) is 3.31. The second kappa shape index (κ2) is 6.19. The maximum Gasteiger partial charge on any atom is 0.229 e. The van der Waals surface area contributed by atoms with Gasteiger partial charge in [0.2, 0.25) is 5.91 Å². The average molecular weight is 253 g/mol. The first-order valence-corrected chi connectivity index (χ1v) is 6.52. The molecule has 0 unspecified atom stereocenters. The molecule has 0 aliphatic rings. The van der Waals surface area contributed by atoms with Gasteiger partial charge in [-0.3, -0.25) is 4.79 Å². The third-order valence-electron chi connectivity index (χ3n) is 3.31. The molecule has 0 fully saturated rings. The molecule has 0 bridgehead atoms. The van der Waals surface area contributed by atoms with E-state index in [1.54, 1.807) is 4.90 Å². The number of hydrogen-bond acceptors (Lipinski definition) is 1. The van der Waals surface area contributed by atoms with Gasteiger partial charge in [0, 0.05) is 13.6 Å². The molecular formula is C17H19NO. The molecule has 19 heavy (non-hydrogen) atoms. The molecule has 0 N–H and O–H groups in total. The molecular weight excluding hydrogens is 234 g/mol. The van der Waals surface area contributed by atoms with Gasteiger partial charge in [0.25, 0.3) is 0 Å². The predicted octanol–water partition coefficient (Wildman–Crippen LogP) is 3.45. The Morgan fingerprint density at radius 3 is 2.11 bits per heavy atom. The summed E-state index contributed by atoms with van der Waals surface area (Å²) in [4.78, 5) is 14.2. The Hall–Kier alpha value is -2.09. The lowest BCUT2D eigenvalue weighted by Crippen LogP contribution is -2.30. The van der Waals surface area contributed by atoms with E-state index in [9.17, 15) is 4.79 Å². The summed E-state index contributed by atoms with van der Waals surface area (Å²) in [6.45, 7) is 2.61. The Kier molecular flexibility index (Phi) is 4.35. The Morgan fingerprint density at radius 2 is 1.53 bits per heavy atom. The molecule has 2 aromatic carbocycles. The molecule has 0 heterocycles. The minimum Gasteiger partial charge on any atom is -0.341 e. The van der Waals surface area contributed by atoms with E-state index in [1.165, 1.54) is 0 Å². The maximum atomic E-state index is 12.4. The maximum absolute atomic E-state index is 12.4. The number of likely N-dealkylation sites (N-methyl/N-ethyl adjacent to an activating group) is 1. The molecule has 0 radical (unpaired) electrons. The Bertz CT molecular complexity index is 521. The second-order valence-electron chi connectivity index (χ2n) is 4.81. The van der Waals surface area contributed by atoms with Gasteiger partial charge in [0.1, 0.15) is 0 Å². The topological polar surface area (TPSA) is 20.3 Å². The van der Waals surface area contributed by atoms with Gasteiger partial charge in [-0.2, -0.15) is 0 Å². The Morgan fingerprint density at radius 1 is 1.00 bits per heavy atom. The molecule has 98 valence electrons. The highest BCUT2D eigenvalue weighted by Crippen LogP contribution is 2.18. The molecule has 0 aliphatic heterocycles. The summed E-state index contributed by atoms with van der Waals surface area (Å²) in [5.41, 5.74) is 2.21. The first-order chi connectivity index (χ1) is 9.18. The fraction of sp³-hybridized carbons (Fsp3) is 0.235. The zero-order valence-electron chi connectivity index (χ0n) is 11.4. The lowest BCUT2D eigenvalue weighted by Gasteiger charge is -2.21. The number of amides is 1. The van der Waals surface area contributed by atoms with Crippen LogP contribution < -0.4 is 0 Å². The van der Waals surface area contributed by atoms with Crippen molar-refractivity contribution in [2.24, 2.45) is 0 Å². The van der Waals surface area contributed by atoms with Crippen LogP contribution in [0.5, 0.6) is 0 Å². The van der Waals surface area contributed by atoms with E-state index in [1.807, 2.05) is 74.6 Å². The SMILES string of the molecule is C[C@@H](C(=O)N(C)Cc1ccccc1)c1ccccc1. The van der Waals surface area contributed by atoms with Crippen LogP contribution in [-0.2, 0) is 11.3 Å². The third kappa shape index (κ3) is 3.44. The molecule has 1 amide bonds. The van der Waals surface area contributed by atoms with Crippen molar-refractivity contribution < 1.29 is 4.79 Å². The zero-order chi connectivity index (χ0) is 13.7. The van der Waals surface area contributed by atoms with Crippen molar-refractivity contribution >= 4 is 5.91 Å². The summed E-state index contributed by atoms with van der Waals surface area (Å²) in [6.07, 6.45) is 0. The molecule has 0 aromatic heterocycles. The van der Waals surface area contributed by atoms with Gasteiger partial charge in [0.15, 0.2) is 0 Å². The van der Waals surface area contributed by atoms with Crippen LogP contribution in [0.3, 0.4) is 0 Å². The van der Waals surface area contributed by atoms with Gasteiger partial charge < -0.3 is 4.90 Å². The Balaban J connectivity index is 2.03. The van der Waals surface area contributed by atoms with Crippen LogP contribution in [0.2, 0.25) is 0 Å². The van der Waals surface area contributed by atoms with E-state index in [0.717, 1.165) is 11.1 Å². The lowest BCUT2D eigenvalue weighted by atomic mass is 10.00. The van der Waals surface area contributed by atoms with Gasteiger partial charge in [-0.05, 0) is 18.1 Å². The van der Waals surface area contributed by atoms with E-state index >= 15 is 0 Å². The first kappa shape index (κ1) is 13.3. The van der Waals surface area contributed by atoms with E-state index in [2.05, 4.69) is 0 Å². The van der Waals surface area contributed by atoms with Gasteiger partial charge >= 0.3 is 0 Å². The summed E-state index contributed by atoms with van der Waals surface area (Å²) in [5, 5.41) is 0. The minimum absolute atomic E-state index is 0.102. The quantitative estimate of drug-likeness (QED) is 0.817. The van der Waals surface area contributed by atoms with Crippen molar-refractivity contribution in [2.45, 2.75) is 19.4 Å². The number of hydrogen-bond donors (Lipinski definition) is 0. The average Bonchev–Trinajstić information content (AvgIpc) is 2.47. The largest absolute Gasteiger partial charge is 0.341 e. The molecule has 0 spiro atoms. The van der Waals surface area contributed by atoms with Gasteiger partial charge in [0.05, 0.1) is 5.92 Å². The summed E-state index contributed by atoms with van der Waals surface area (Å²) in [6, 6.07) is 20.0. The monoisotopic (exact) mass is 253 g/mol. The standard InChI is InChI=1S/C17H19NO/c1-14(16-11-7-4-8-12-16)17(19)18(2)13-15-9-5-3-6-10-15/h3-12,14H,13H2,1-2H3/t14-/m1/s1. The van der Waals surface area contributed by atoms with E-state index in [0.29, 0.717) is 6.54 Å². The number of carbonyl (C=O) groups is 1. The molecule has 2 nitrogen and oxygen atoms in total. The molecule has 2 rings (SSSR count). The van der Waals surface area contributed by atoms with Crippen LogP contribution in [0.4, 0.5) is 0 Å². The van der Waals surface area contributed by atoms with Crippen molar-refractivity contribution in [1.29, 1.82) is 0 Å². The van der Waals surface area contributed by atoms with Crippen LogP contribution in [0.25, 0.3) is 0 Å². The fourth-order valence-corrected chi connectivity index (χ4v) is 2.15. The van der Waals surface area contributed by atoms with Crippen molar-refractivity contribution in [3.8, 4) is 0 Å². The second-order valence-corrected chi connectivity index (χ2v) is 4.81. The highest BCUT2D eigenvalue weighted by atomic mass is 16.2. The van der Waals surface area contributed by atoms with E-state index in [-0.39, 0.29) is 11.8 Å². The van der Waals surface area contributed by atoms with E-state index < -0.39 is 0 Å². The van der Waals surface area contributed by atoms with Crippen molar-refractivity contribution in [3.05, 3.63) is 71.8 Å². The van der Waals surface area contributed by atoms with Gasteiger partial charge in [-0.15, -0.1) is 0 Å². The number of nitrogens with zero attached hydrogens (tertiary/aromatic N) is 1. The smallest absolute Gasteiger partial charge is 0.229 e. The van der Waals surface area contributed by atoms with E-state index in [4.69, 9.17) is 0 Å². The minimum atomic E-state index is -0.102. The van der Waals surface area contributed by atoms with Crippen molar-refractivity contribution in [3.63, 3.8) is 0 Å². The predicted molar refractivity (Wildman–Crippen MR) is 77.8 cm³/mol. The molecule has 0 saturated carbocycles. The first-order valence-electron chi connectivity index (χ1n) is 6.52. The molecule has 0 aliphatic carbocycles. The fourth-order valence-electron chi connectivity index (χ4n) is 2.15. The van der Waals surface area contributed by atoms with Crippen LogP contribution in [-0.4, -0.2) is 17.9 Å². The lowest BCUT2D eigenvalue weighted by molar-refractivity contribution is -0.131. The van der Waals surface area contributed by atoms with Crippen LogP contribution in [0.15, 0.2) is 60.7 Å². The Labute approximate surface area is 114 Å². The van der Waals surface area contributed by atoms with Crippen molar-refractivity contribution in [1.82, 2.24) is 4.90 Å². The number of carbonyl (C=O) groups excluding carboxylic acids is 1. The summed E-state index contributed by atoms with van der Waals surface area (Å²) >= 11 is 0. The normalized spacial score (nSPS) is 11.9. The number of benzene rings is 2. The molecule has 2 heteroatoms. The molecule has 0 saturated heterocycles. The van der Waals surface area contributed by atoms with Gasteiger partial charge in [-0.1, -0.05) is 60.7 Å². The highest BCUT2D eigenvalue weighted by molar-refractivity contribution is 5.83. The zero-order valence-corrected chi connectivity index (χ0v) is 11.4. The summed E-state index contributed by atoms with van der Waals surface area (Å²) in [7, 11) is 1.86.